The van der Waals surface area contributed by atoms with Crippen molar-refractivity contribution in [2.24, 2.45) is 0 Å². The lowest BCUT2D eigenvalue weighted by Crippen LogP contribution is -2.15. The second kappa shape index (κ2) is 12.8. The highest BCUT2D eigenvalue weighted by atomic mass is 15.0. The van der Waals surface area contributed by atoms with Crippen LogP contribution in [0.3, 0.4) is 0 Å². The molecule has 0 aliphatic heterocycles. The van der Waals surface area contributed by atoms with Gasteiger partial charge in [-0.1, -0.05) is 147 Å². The van der Waals surface area contributed by atoms with Gasteiger partial charge in [-0.2, -0.15) is 0 Å². The lowest BCUT2D eigenvalue weighted by atomic mass is 9.80. The SMILES string of the molecule is CC1(C)c2ccccc2-c2c(-c3ccc4c(c3)c3ccccc3n4-c3ccc(-c4ccccc4)cc3)cc(-c3ccc4c(c3)c3ccccc3n4-c3ccccc3)cc21. The highest BCUT2D eigenvalue weighted by molar-refractivity contribution is 6.12. The molecule has 1 aliphatic rings. The molecule has 2 aromatic heterocycles. The van der Waals surface area contributed by atoms with Crippen LogP contribution in [0.5, 0.6) is 0 Å². The van der Waals surface area contributed by atoms with Crippen LogP contribution in [0.15, 0.2) is 206 Å². The number of aromatic nitrogens is 2. The Hall–Kier alpha value is -7.42. The molecule has 11 aromatic rings. The summed E-state index contributed by atoms with van der Waals surface area (Å²) in [5, 5.41) is 5.03. The second-order valence-corrected chi connectivity index (χ2v) is 16.5. The van der Waals surface area contributed by atoms with E-state index in [1.54, 1.807) is 0 Å². The zero-order valence-corrected chi connectivity index (χ0v) is 33.0. The van der Waals surface area contributed by atoms with Gasteiger partial charge in [-0.3, -0.25) is 0 Å². The van der Waals surface area contributed by atoms with E-state index in [4.69, 9.17) is 0 Å². The first-order valence-corrected chi connectivity index (χ1v) is 20.6. The van der Waals surface area contributed by atoms with E-state index < -0.39 is 0 Å². The summed E-state index contributed by atoms with van der Waals surface area (Å²) in [7, 11) is 0. The molecule has 0 fully saturated rings. The summed E-state index contributed by atoms with van der Waals surface area (Å²) in [4.78, 5) is 0. The van der Waals surface area contributed by atoms with Crippen molar-refractivity contribution in [1.29, 1.82) is 0 Å². The van der Waals surface area contributed by atoms with E-state index in [1.165, 1.54) is 105 Å². The highest BCUT2D eigenvalue weighted by Crippen LogP contribution is 2.54. The van der Waals surface area contributed by atoms with Crippen molar-refractivity contribution in [2.75, 3.05) is 0 Å². The molecule has 0 bridgehead atoms. The van der Waals surface area contributed by atoms with Crippen LogP contribution in [0, 0.1) is 0 Å². The topological polar surface area (TPSA) is 9.86 Å². The van der Waals surface area contributed by atoms with E-state index in [0.717, 1.165) is 5.69 Å². The normalized spacial score (nSPS) is 13.1. The van der Waals surface area contributed by atoms with Gasteiger partial charge in [-0.15, -0.1) is 0 Å². The van der Waals surface area contributed by atoms with Crippen molar-refractivity contribution in [2.45, 2.75) is 19.3 Å². The summed E-state index contributed by atoms with van der Waals surface area (Å²) in [5.41, 5.74) is 19.9. The minimum atomic E-state index is -0.157. The first-order chi connectivity index (χ1) is 29.0. The molecule has 0 saturated carbocycles. The minimum absolute atomic E-state index is 0.157. The number of rotatable bonds is 5. The number of para-hydroxylation sites is 3. The van der Waals surface area contributed by atoms with Gasteiger partial charge in [0.2, 0.25) is 0 Å². The molecule has 278 valence electrons. The van der Waals surface area contributed by atoms with Gasteiger partial charge in [0.05, 0.1) is 22.1 Å². The highest BCUT2D eigenvalue weighted by Gasteiger charge is 2.37. The van der Waals surface area contributed by atoms with Crippen molar-refractivity contribution in [3.05, 3.63) is 217 Å². The lowest BCUT2D eigenvalue weighted by molar-refractivity contribution is 0.660. The number of hydrogen-bond donors (Lipinski definition) is 0. The maximum Gasteiger partial charge on any atom is 0.0541 e. The van der Waals surface area contributed by atoms with Gasteiger partial charge in [0.25, 0.3) is 0 Å². The Labute approximate surface area is 343 Å². The van der Waals surface area contributed by atoms with Crippen molar-refractivity contribution in [3.63, 3.8) is 0 Å². The fraction of sp³-hybridized carbons (Fsp3) is 0.0526. The average molecular weight is 753 g/mol. The molecule has 9 aromatic carbocycles. The fourth-order valence-electron chi connectivity index (χ4n) is 10.1. The Balaban J connectivity index is 1.07. The maximum absolute atomic E-state index is 2.47. The van der Waals surface area contributed by atoms with Crippen LogP contribution in [-0.2, 0) is 5.41 Å². The summed E-state index contributed by atoms with van der Waals surface area (Å²) in [6.45, 7) is 4.78. The molecule has 0 atom stereocenters. The molecule has 0 saturated heterocycles. The Bertz CT molecular complexity index is 3440. The summed E-state index contributed by atoms with van der Waals surface area (Å²) < 4.78 is 4.81. The largest absolute Gasteiger partial charge is 0.309 e. The molecule has 2 nitrogen and oxygen atoms in total. The molecule has 0 radical (unpaired) electrons. The smallest absolute Gasteiger partial charge is 0.0541 e. The second-order valence-electron chi connectivity index (χ2n) is 16.5. The van der Waals surface area contributed by atoms with E-state index in [1.807, 2.05) is 0 Å². The monoisotopic (exact) mass is 752 g/mol. The van der Waals surface area contributed by atoms with Crippen LogP contribution in [-0.4, -0.2) is 9.13 Å². The van der Waals surface area contributed by atoms with Gasteiger partial charge < -0.3 is 9.13 Å². The minimum Gasteiger partial charge on any atom is -0.309 e. The Kier molecular flexibility index (Phi) is 7.31. The van der Waals surface area contributed by atoms with E-state index in [-0.39, 0.29) is 5.41 Å². The summed E-state index contributed by atoms with van der Waals surface area (Å²) in [6, 6.07) is 76.1. The lowest BCUT2D eigenvalue weighted by Gasteiger charge is -2.23. The Morgan fingerprint density at radius 2 is 0.797 bits per heavy atom. The predicted octanol–water partition coefficient (Wildman–Crippen LogP) is 15.2. The summed E-state index contributed by atoms with van der Waals surface area (Å²) >= 11 is 0. The van der Waals surface area contributed by atoms with Gasteiger partial charge in [0, 0.05) is 38.3 Å². The Morgan fingerprint density at radius 3 is 1.47 bits per heavy atom. The molecule has 2 heterocycles. The van der Waals surface area contributed by atoms with Gasteiger partial charge in [0.15, 0.2) is 0 Å². The standard InChI is InChI=1S/C57H40N2/c1-57(2)50-22-12-9-21-46(50)56-47(35-41(36-51(56)57)39-27-31-54-48(33-39)44-19-10-13-23-52(44)58(54)42-17-7-4-8-18-42)40-28-32-55-49(34-40)45-20-11-14-24-53(45)59(55)43-29-25-38(26-30-43)37-15-5-3-6-16-37/h3-36H,1-2H3. The van der Waals surface area contributed by atoms with E-state index >= 15 is 0 Å². The number of fused-ring (bicyclic) bond motifs is 9. The van der Waals surface area contributed by atoms with Crippen molar-refractivity contribution in [1.82, 2.24) is 9.13 Å². The van der Waals surface area contributed by atoms with E-state index in [9.17, 15) is 0 Å². The van der Waals surface area contributed by atoms with E-state index in [2.05, 4.69) is 229 Å². The molecule has 2 heteroatoms. The molecule has 0 N–H and O–H groups in total. The van der Waals surface area contributed by atoms with Crippen LogP contribution in [0.25, 0.3) is 99.5 Å². The zero-order chi connectivity index (χ0) is 39.2. The third kappa shape index (κ3) is 5.06. The molecule has 12 rings (SSSR count). The third-order valence-electron chi connectivity index (χ3n) is 12.9. The predicted molar refractivity (Wildman–Crippen MR) is 249 cm³/mol. The van der Waals surface area contributed by atoms with Gasteiger partial charge in [0.1, 0.15) is 0 Å². The summed E-state index contributed by atoms with van der Waals surface area (Å²) in [6.07, 6.45) is 0. The van der Waals surface area contributed by atoms with Gasteiger partial charge in [-0.05, 0) is 128 Å². The number of hydrogen-bond acceptors (Lipinski definition) is 0. The average Bonchev–Trinajstić information content (AvgIpc) is 3.89. The molecule has 0 amide bonds. The van der Waals surface area contributed by atoms with Crippen LogP contribution >= 0.6 is 0 Å². The molecule has 59 heavy (non-hydrogen) atoms. The van der Waals surface area contributed by atoms with Crippen molar-refractivity contribution in [3.8, 4) is 55.9 Å². The quantitative estimate of drug-likeness (QED) is 0.166. The molecular formula is C57H40N2. The zero-order valence-electron chi connectivity index (χ0n) is 33.0. The maximum atomic E-state index is 2.47. The molecule has 0 unspecified atom stereocenters. The van der Waals surface area contributed by atoms with Crippen LogP contribution in [0.4, 0.5) is 0 Å². The third-order valence-corrected chi connectivity index (χ3v) is 12.9. The Morgan fingerprint density at radius 1 is 0.305 bits per heavy atom. The van der Waals surface area contributed by atoms with Crippen LogP contribution in [0.1, 0.15) is 25.0 Å². The summed E-state index contributed by atoms with van der Waals surface area (Å²) in [5.74, 6) is 0. The van der Waals surface area contributed by atoms with E-state index in [0.29, 0.717) is 0 Å². The molecular weight excluding hydrogens is 713 g/mol. The van der Waals surface area contributed by atoms with Gasteiger partial charge in [-0.25, -0.2) is 0 Å². The van der Waals surface area contributed by atoms with Crippen molar-refractivity contribution < 1.29 is 0 Å². The van der Waals surface area contributed by atoms with Crippen LogP contribution < -0.4 is 0 Å². The molecule has 1 aliphatic carbocycles. The molecule has 0 spiro atoms. The van der Waals surface area contributed by atoms with Crippen LogP contribution in [0.2, 0.25) is 0 Å². The number of nitrogens with zero attached hydrogens (tertiary/aromatic N) is 2. The fourth-order valence-corrected chi connectivity index (χ4v) is 10.1. The first kappa shape index (κ1) is 33.7. The van der Waals surface area contributed by atoms with Crippen molar-refractivity contribution >= 4 is 43.6 Å². The van der Waals surface area contributed by atoms with Gasteiger partial charge >= 0.3 is 0 Å². The number of benzene rings is 9. The first-order valence-electron chi connectivity index (χ1n) is 20.6.